The van der Waals surface area contributed by atoms with Crippen LogP contribution in [0.15, 0.2) is 5.16 Å². The Labute approximate surface area is 131 Å². The third-order valence-corrected chi connectivity index (χ3v) is 5.68. The van der Waals surface area contributed by atoms with Crippen molar-refractivity contribution in [1.82, 2.24) is 14.8 Å². The molecule has 1 aromatic heterocycles. The number of hydrogen-bond acceptors (Lipinski definition) is 5. The molecule has 1 saturated carbocycles. The average molecular weight is 310 g/mol. The summed E-state index contributed by atoms with van der Waals surface area (Å²) in [5.41, 5.74) is 0. The van der Waals surface area contributed by atoms with E-state index >= 15 is 0 Å². The molecule has 0 radical (unpaired) electrons. The van der Waals surface area contributed by atoms with Gasteiger partial charge in [0, 0.05) is 25.4 Å². The second kappa shape index (κ2) is 7.49. The molecule has 1 saturated heterocycles. The smallest absolute Gasteiger partial charge is 0.228 e. The summed E-state index contributed by atoms with van der Waals surface area (Å²) >= 11 is 1.89. The zero-order valence-electron chi connectivity index (χ0n) is 13.0. The highest BCUT2D eigenvalue weighted by Crippen LogP contribution is 2.30. The third-order valence-electron chi connectivity index (χ3n) is 4.48. The lowest BCUT2D eigenvalue weighted by molar-refractivity contribution is 0.121. The van der Waals surface area contributed by atoms with Crippen molar-refractivity contribution in [3.05, 3.63) is 0 Å². The van der Waals surface area contributed by atoms with Crippen LogP contribution in [0.3, 0.4) is 0 Å². The highest BCUT2D eigenvalue weighted by atomic mass is 32.2. The molecule has 5 nitrogen and oxygen atoms in total. The van der Waals surface area contributed by atoms with Crippen LogP contribution in [0.1, 0.15) is 39.0 Å². The molecule has 0 aromatic carbocycles. The Morgan fingerprint density at radius 1 is 1.14 bits per heavy atom. The van der Waals surface area contributed by atoms with E-state index in [1.54, 1.807) is 0 Å². The summed E-state index contributed by atoms with van der Waals surface area (Å²) < 4.78 is 7.69. The third kappa shape index (κ3) is 3.72. The molecule has 1 aliphatic carbocycles. The van der Waals surface area contributed by atoms with Crippen LogP contribution in [0.2, 0.25) is 0 Å². The van der Waals surface area contributed by atoms with Gasteiger partial charge in [-0.15, -0.1) is 10.2 Å². The molecule has 0 bridgehead atoms. The lowest BCUT2D eigenvalue weighted by atomic mass is 9.91. The Kier molecular flexibility index (Phi) is 5.41. The molecule has 0 unspecified atom stereocenters. The summed E-state index contributed by atoms with van der Waals surface area (Å²) in [5.74, 6) is 3.09. The van der Waals surface area contributed by atoms with Gasteiger partial charge in [-0.2, -0.15) is 0 Å². The van der Waals surface area contributed by atoms with E-state index in [1.165, 1.54) is 37.9 Å². The van der Waals surface area contributed by atoms with Gasteiger partial charge in [-0.1, -0.05) is 31.0 Å². The molecule has 3 rings (SSSR count). The van der Waals surface area contributed by atoms with Gasteiger partial charge in [-0.25, -0.2) is 0 Å². The topological polar surface area (TPSA) is 43.2 Å². The van der Waals surface area contributed by atoms with Gasteiger partial charge < -0.3 is 9.64 Å². The van der Waals surface area contributed by atoms with E-state index in [0.717, 1.165) is 49.9 Å². The zero-order chi connectivity index (χ0) is 14.5. The minimum absolute atomic E-state index is 0.793. The van der Waals surface area contributed by atoms with E-state index in [4.69, 9.17) is 4.74 Å². The molecule has 6 heteroatoms. The first kappa shape index (κ1) is 15.2. The van der Waals surface area contributed by atoms with E-state index in [-0.39, 0.29) is 0 Å². The summed E-state index contributed by atoms with van der Waals surface area (Å²) in [6, 6.07) is 0. The Morgan fingerprint density at radius 3 is 2.62 bits per heavy atom. The molecule has 2 heterocycles. The van der Waals surface area contributed by atoms with E-state index in [0.29, 0.717) is 0 Å². The van der Waals surface area contributed by atoms with Crippen molar-refractivity contribution in [2.24, 2.45) is 5.92 Å². The van der Waals surface area contributed by atoms with Crippen molar-refractivity contribution in [3.63, 3.8) is 0 Å². The minimum atomic E-state index is 0.793. The molecule has 0 amide bonds. The van der Waals surface area contributed by atoms with Crippen LogP contribution < -0.4 is 4.90 Å². The van der Waals surface area contributed by atoms with Gasteiger partial charge in [0.25, 0.3) is 0 Å². The number of nitrogens with zero attached hydrogens (tertiary/aromatic N) is 4. The van der Waals surface area contributed by atoms with Gasteiger partial charge in [0.2, 0.25) is 5.95 Å². The van der Waals surface area contributed by atoms with Gasteiger partial charge in [0.1, 0.15) is 0 Å². The molecule has 118 valence electrons. The molecule has 0 atom stereocenters. The predicted molar refractivity (Wildman–Crippen MR) is 86.0 cm³/mol. The largest absolute Gasteiger partial charge is 0.378 e. The van der Waals surface area contributed by atoms with Gasteiger partial charge in [-0.05, 0) is 25.7 Å². The summed E-state index contributed by atoms with van der Waals surface area (Å²) in [7, 11) is 0. The van der Waals surface area contributed by atoms with Crippen LogP contribution in [0.4, 0.5) is 5.95 Å². The standard InChI is InChI=1S/C15H26N4OS/c1-2-19-14(18-8-10-20-11-9-18)16-17-15(19)21-12-13-6-4-3-5-7-13/h13H,2-12H2,1H3. The van der Waals surface area contributed by atoms with Crippen molar-refractivity contribution in [1.29, 1.82) is 0 Å². The maximum absolute atomic E-state index is 5.42. The highest BCUT2D eigenvalue weighted by Gasteiger charge is 2.21. The Morgan fingerprint density at radius 2 is 1.90 bits per heavy atom. The second-order valence-corrected chi connectivity index (χ2v) is 6.93. The monoisotopic (exact) mass is 310 g/mol. The number of anilines is 1. The number of thioether (sulfide) groups is 1. The molecular weight excluding hydrogens is 284 g/mol. The molecule has 2 aliphatic rings. The molecule has 2 fully saturated rings. The van der Waals surface area contributed by atoms with E-state index < -0.39 is 0 Å². The lowest BCUT2D eigenvalue weighted by Gasteiger charge is -2.27. The minimum Gasteiger partial charge on any atom is -0.378 e. The summed E-state index contributed by atoms with van der Waals surface area (Å²) in [5, 5.41) is 9.96. The van der Waals surface area contributed by atoms with Crippen molar-refractivity contribution < 1.29 is 4.74 Å². The van der Waals surface area contributed by atoms with Gasteiger partial charge >= 0.3 is 0 Å². The van der Waals surface area contributed by atoms with Crippen LogP contribution in [0.25, 0.3) is 0 Å². The Hall–Kier alpha value is -0.750. The Bertz CT molecular complexity index is 439. The Balaban J connectivity index is 1.63. The quantitative estimate of drug-likeness (QED) is 0.782. The number of ether oxygens (including phenoxy) is 1. The number of hydrogen-bond donors (Lipinski definition) is 0. The second-order valence-electron chi connectivity index (χ2n) is 5.94. The first-order chi connectivity index (χ1) is 10.4. The molecule has 0 spiro atoms. The first-order valence-corrected chi connectivity index (χ1v) is 9.25. The van der Waals surface area contributed by atoms with Crippen LogP contribution >= 0.6 is 11.8 Å². The lowest BCUT2D eigenvalue weighted by Crippen LogP contribution is -2.38. The van der Waals surface area contributed by atoms with Crippen molar-refractivity contribution in [3.8, 4) is 0 Å². The molecule has 1 aromatic rings. The van der Waals surface area contributed by atoms with Crippen LogP contribution in [0.5, 0.6) is 0 Å². The first-order valence-electron chi connectivity index (χ1n) is 8.27. The predicted octanol–water partition coefficient (Wildman–Crippen LogP) is 2.81. The summed E-state index contributed by atoms with van der Waals surface area (Å²) in [6.07, 6.45) is 7.02. The van der Waals surface area contributed by atoms with Gasteiger partial charge in [0.05, 0.1) is 13.2 Å². The van der Waals surface area contributed by atoms with Crippen LogP contribution in [0, 0.1) is 5.92 Å². The van der Waals surface area contributed by atoms with Gasteiger partial charge in [0.15, 0.2) is 5.16 Å². The van der Waals surface area contributed by atoms with Crippen LogP contribution in [-0.2, 0) is 11.3 Å². The fraction of sp³-hybridized carbons (Fsp3) is 0.867. The van der Waals surface area contributed by atoms with Gasteiger partial charge in [-0.3, -0.25) is 4.57 Å². The molecule has 21 heavy (non-hydrogen) atoms. The highest BCUT2D eigenvalue weighted by molar-refractivity contribution is 7.99. The SMILES string of the molecule is CCn1c(SCC2CCCCC2)nnc1N1CCOCC1. The summed E-state index contributed by atoms with van der Waals surface area (Å²) in [4.78, 5) is 2.30. The number of aromatic nitrogens is 3. The van der Waals surface area contributed by atoms with Crippen molar-refractivity contribution >= 4 is 17.7 Å². The fourth-order valence-electron chi connectivity index (χ4n) is 3.21. The molecular formula is C15H26N4OS. The van der Waals surface area contributed by atoms with Crippen molar-refractivity contribution in [2.75, 3.05) is 37.0 Å². The zero-order valence-corrected chi connectivity index (χ0v) is 13.8. The maximum Gasteiger partial charge on any atom is 0.228 e. The number of morpholine rings is 1. The molecule has 0 N–H and O–H groups in total. The fourth-order valence-corrected chi connectivity index (χ4v) is 4.39. The van der Waals surface area contributed by atoms with Crippen molar-refractivity contribution in [2.45, 2.75) is 50.7 Å². The summed E-state index contributed by atoms with van der Waals surface area (Å²) in [6.45, 7) is 6.55. The maximum atomic E-state index is 5.42. The average Bonchev–Trinajstić information content (AvgIpc) is 2.97. The van der Waals surface area contributed by atoms with E-state index in [2.05, 4.69) is 26.6 Å². The molecule has 1 aliphatic heterocycles. The number of rotatable bonds is 5. The van der Waals surface area contributed by atoms with E-state index in [9.17, 15) is 0 Å². The normalized spacial score (nSPS) is 20.9. The van der Waals surface area contributed by atoms with E-state index in [1.807, 2.05) is 11.8 Å². The van der Waals surface area contributed by atoms with Crippen LogP contribution in [-0.4, -0.2) is 46.8 Å².